The summed E-state index contributed by atoms with van der Waals surface area (Å²) < 4.78 is 13.1. The van der Waals surface area contributed by atoms with Gasteiger partial charge in [-0.15, -0.1) is 11.6 Å². The predicted octanol–water partition coefficient (Wildman–Crippen LogP) is 2.11. The summed E-state index contributed by atoms with van der Waals surface area (Å²) in [5.74, 6) is 3.26. The maximum absolute atomic E-state index is 13.1. The Balaban J connectivity index is 3.07. The maximum atomic E-state index is 13.1. The van der Waals surface area contributed by atoms with Gasteiger partial charge in [0.2, 0.25) is 0 Å². The minimum atomic E-state index is -1.17. The minimum Gasteiger partial charge on any atom is -0.478 e. The molecule has 0 saturated carbocycles. The molecule has 0 aliphatic carbocycles. The van der Waals surface area contributed by atoms with E-state index in [2.05, 4.69) is 11.8 Å². The summed E-state index contributed by atoms with van der Waals surface area (Å²) in [6, 6.07) is 3.54. The van der Waals surface area contributed by atoms with Crippen LogP contribution in [-0.4, -0.2) is 17.0 Å². The van der Waals surface area contributed by atoms with Crippen LogP contribution in [0.1, 0.15) is 15.9 Å². The van der Waals surface area contributed by atoms with Gasteiger partial charge in [-0.2, -0.15) is 0 Å². The summed E-state index contributed by atoms with van der Waals surface area (Å²) in [5, 5.41) is 8.55. The average Bonchev–Trinajstić information content (AvgIpc) is 2.15. The van der Waals surface area contributed by atoms with Crippen molar-refractivity contribution in [3.05, 3.63) is 35.1 Å². The van der Waals surface area contributed by atoms with E-state index in [1.54, 1.807) is 0 Å². The molecule has 0 amide bonds. The van der Waals surface area contributed by atoms with Crippen LogP contribution in [0.15, 0.2) is 18.2 Å². The van der Waals surface area contributed by atoms with Crippen molar-refractivity contribution in [1.82, 2.24) is 0 Å². The van der Waals surface area contributed by atoms with Crippen molar-refractivity contribution < 1.29 is 14.3 Å². The van der Waals surface area contributed by atoms with Crippen molar-refractivity contribution in [3.63, 3.8) is 0 Å². The lowest BCUT2D eigenvalue weighted by molar-refractivity contribution is 0.0696. The largest absolute Gasteiger partial charge is 0.478 e. The first-order valence-electron chi connectivity index (χ1n) is 3.73. The quantitative estimate of drug-likeness (QED) is 0.572. The number of rotatable bonds is 1. The number of aromatic carboxylic acids is 1. The average molecular weight is 213 g/mol. The van der Waals surface area contributed by atoms with Gasteiger partial charge in [-0.3, -0.25) is 0 Å². The van der Waals surface area contributed by atoms with E-state index in [0.29, 0.717) is 0 Å². The van der Waals surface area contributed by atoms with E-state index >= 15 is 0 Å². The Kier molecular flexibility index (Phi) is 3.49. The normalized spacial score (nSPS) is 9.00. The third kappa shape index (κ3) is 2.48. The van der Waals surface area contributed by atoms with E-state index in [1.165, 1.54) is 12.1 Å². The molecule has 0 aromatic heterocycles. The zero-order valence-electron chi connectivity index (χ0n) is 7.05. The lowest BCUT2D eigenvalue weighted by atomic mass is 10.1. The highest BCUT2D eigenvalue weighted by atomic mass is 35.5. The van der Waals surface area contributed by atoms with Crippen molar-refractivity contribution >= 4 is 17.6 Å². The molecule has 1 N–H and O–H groups in total. The van der Waals surface area contributed by atoms with Gasteiger partial charge in [0.25, 0.3) is 0 Å². The minimum absolute atomic E-state index is 0.0982. The molecule has 14 heavy (non-hydrogen) atoms. The molecule has 2 nitrogen and oxygen atoms in total. The summed E-state index contributed by atoms with van der Waals surface area (Å²) in [5.41, 5.74) is 0.0505. The van der Waals surface area contributed by atoms with E-state index < -0.39 is 11.8 Å². The van der Waals surface area contributed by atoms with Crippen molar-refractivity contribution in [2.75, 3.05) is 5.88 Å². The topological polar surface area (TPSA) is 37.3 Å². The van der Waals surface area contributed by atoms with Gasteiger partial charge in [-0.1, -0.05) is 11.8 Å². The molecule has 0 fully saturated rings. The zero-order valence-corrected chi connectivity index (χ0v) is 7.81. The summed E-state index contributed by atoms with van der Waals surface area (Å²) in [7, 11) is 0. The van der Waals surface area contributed by atoms with Crippen LogP contribution in [0.25, 0.3) is 0 Å². The maximum Gasteiger partial charge on any atom is 0.335 e. The lowest BCUT2D eigenvalue weighted by Gasteiger charge is -1.96. The van der Waals surface area contributed by atoms with Crippen LogP contribution in [-0.2, 0) is 0 Å². The molecule has 0 bridgehead atoms. The predicted molar refractivity (Wildman–Crippen MR) is 51.0 cm³/mol. The molecule has 0 aliphatic heterocycles. The fourth-order valence-corrected chi connectivity index (χ4v) is 0.945. The molecule has 72 valence electrons. The monoisotopic (exact) mass is 212 g/mol. The van der Waals surface area contributed by atoms with Gasteiger partial charge in [0.1, 0.15) is 5.82 Å². The molecule has 1 rings (SSSR count). The fourth-order valence-electron chi connectivity index (χ4n) is 0.878. The van der Waals surface area contributed by atoms with E-state index in [-0.39, 0.29) is 17.0 Å². The third-order valence-corrected chi connectivity index (χ3v) is 1.64. The number of halogens is 2. The Morgan fingerprint density at radius 2 is 2.29 bits per heavy atom. The van der Waals surface area contributed by atoms with Gasteiger partial charge < -0.3 is 5.11 Å². The third-order valence-electron chi connectivity index (χ3n) is 1.51. The van der Waals surface area contributed by atoms with E-state index in [1.807, 2.05) is 0 Å². The van der Waals surface area contributed by atoms with Gasteiger partial charge in [-0.25, -0.2) is 9.18 Å². The number of benzene rings is 1. The summed E-state index contributed by atoms with van der Waals surface area (Å²) in [6.07, 6.45) is 0. The summed E-state index contributed by atoms with van der Waals surface area (Å²) in [6.45, 7) is 0. The molecular weight excluding hydrogens is 207 g/mol. The number of carbonyl (C=O) groups is 1. The van der Waals surface area contributed by atoms with Crippen molar-refractivity contribution in [2.24, 2.45) is 0 Å². The van der Waals surface area contributed by atoms with Gasteiger partial charge in [0.05, 0.1) is 17.0 Å². The molecular formula is C10H6ClFO2. The second-order valence-electron chi connectivity index (χ2n) is 2.44. The molecule has 1 aromatic carbocycles. The standard InChI is InChI=1S/C10H6ClFO2/c11-5-1-2-7-3-4-8(10(13)14)6-9(7)12/h3-4,6H,5H2,(H,13,14). The van der Waals surface area contributed by atoms with E-state index in [4.69, 9.17) is 16.7 Å². The van der Waals surface area contributed by atoms with Crippen LogP contribution in [0.2, 0.25) is 0 Å². The number of hydrogen-bond acceptors (Lipinski definition) is 1. The fraction of sp³-hybridized carbons (Fsp3) is 0.100. The van der Waals surface area contributed by atoms with Crippen LogP contribution in [0.3, 0.4) is 0 Å². The number of carboxylic acid groups (broad SMARTS) is 1. The molecule has 0 unspecified atom stereocenters. The summed E-state index contributed by atoms with van der Waals surface area (Å²) in [4.78, 5) is 10.5. The van der Waals surface area contributed by atoms with Crippen LogP contribution in [0, 0.1) is 17.7 Å². The molecule has 4 heteroatoms. The Bertz CT molecular complexity index is 418. The first-order chi connectivity index (χ1) is 6.65. The van der Waals surface area contributed by atoms with Crippen molar-refractivity contribution in [1.29, 1.82) is 0 Å². The number of hydrogen-bond donors (Lipinski definition) is 1. The summed E-state index contributed by atoms with van der Waals surface area (Å²) >= 11 is 5.30. The second kappa shape index (κ2) is 4.64. The second-order valence-corrected chi connectivity index (χ2v) is 2.70. The van der Waals surface area contributed by atoms with Gasteiger partial charge in [-0.05, 0) is 18.2 Å². The molecule has 0 radical (unpaired) electrons. The van der Waals surface area contributed by atoms with Gasteiger partial charge in [0, 0.05) is 0 Å². The number of alkyl halides is 1. The van der Waals surface area contributed by atoms with E-state index in [9.17, 15) is 9.18 Å². The highest BCUT2D eigenvalue weighted by Gasteiger charge is 2.06. The van der Waals surface area contributed by atoms with Crippen LogP contribution in [0.5, 0.6) is 0 Å². The van der Waals surface area contributed by atoms with Crippen molar-refractivity contribution in [3.8, 4) is 11.8 Å². The Morgan fingerprint density at radius 1 is 1.57 bits per heavy atom. The molecule has 1 aromatic rings. The molecule has 0 aliphatic rings. The highest BCUT2D eigenvalue weighted by molar-refractivity contribution is 6.19. The Labute approximate surface area is 85.3 Å². The van der Waals surface area contributed by atoms with Gasteiger partial charge >= 0.3 is 5.97 Å². The number of carboxylic acids is 1. The molecule has 0 spiro atoms. The smallest absolute Gasteiger partial charge is 0.335 e. The van der Waals surface area contributed by atoms with Gasteiger partial charge in [0.15, 0.2) is 0 Å². The van der Waals surface area contributed by atoms with Crippen LogP contribution in [0.4, 0.5) is 4.39 Å². The molecule has 0 heterocycles. The zero-order chi connectivity index (χ0) is 10.6. The first-order valence-corrected chi connectivity index (χ1v) is 4.26. The van der Waals surface area contributed by atoms with Crippen LogP contribution >= 0.6 is 11.6 Å². The Hall–Kier alpha value is -1.53. The van der Waals surface area contributed by atoms with Crippen LogP contribution < -0.4 is 0 Å². The SMILES string of the molecule is O=C(O)c1ccc(C#CCCl)c(F)c1. The Morgan fingerprint density at radius 3 is 2.79 bits per heavy atom. The van der Waals surface area contributed by atoms with E-state index in [0.717, 1.165) is 6.07 Å². The molecule has 0 atom stereocenters. The molecule has 0 saturated heterocycles. The lowest BCUT2D eigenvalue weighted by Crippen LogP contribution is -1.97. The first kappa shape index (κ1) is 10.6. The van der Waals surface area contributed by atoms with Crippen molar-refractivity contribution in [2.45, 2.75) is 0 Å². The highest BCUT2D eigenvalue weighted by Crippen LogP contribution is 2.09.